The molecule has 0 spiro atoms. The number of aromatic nitrogens is 1. The van der Waals surface area contributed by atoms with E-state index in [0.717, 1.165) is 5.69 Å². The lowest BCUT2D eigenvalue weighted by Crippen LogP contribution is -2.25. The van der Waals surface area contributed by atoms with Crippen LogP contribution in [-0.4, -0.2) is 4.98 Å². The Kier molecular flexibility index (Phi) is 3.59. The van der Waals surface area contributed by atoms with E-state index in [1.54, 1.807) is 0 Å². The van der Waals surface area contributed by atoms with Crippen molar-refractivity contribution in [2.24, 2.45) is 11.7 Å². The van der Waals surface area contributed by atoms with Crippen LogP contribution in [0.15, 0.2) is 12.3 Å². The first-order valence-electron chi connectivity index (χ1n) is 6.37. The molecule has 2 nitrogen and oxygen atoms in total. The molecular formula is C14H22N2. The maximum absolute atomic E-state index is 6.36. The summed E-state index contributed by atoms with van der Waals surface area (Å²) in [5.74, 6) is 0.641. The summed E-state index contributed by atoms with van der Waals surface area (Å²) in [6, 6.07) is 2.33. The van der Waals surface area contributed by atoms with E-state index >= 15 is 0 Å². The van der Waals surface area contributed by atoms with Crippen molar-refractivity contribution in [3.63, 3.8) is 0 Å². The van der Waals surface area contributed by atoms with Crippen molar-refractivity contribution >= 4 is 0 Å². The highest BCUT2D eigenvalue weighted by Gasteiger charge is 2.23. The van der Waals surface area contributed by atoms with Crippen LogP contribution in [0.1, 0.15) is 55.0 Å². The molecule has 0 radical (unpaired) electrons. The predicted molar refractivity (Wildman–Crippen MR) is 67.2 cm³/mol. The van der Waals surface area contributed by atoms with Gasteiger partial charge in [0.05, 0.1) is 11.7 Å². The summed E-state index contributed by atoms with van der Waals surface area (Å²) in [7, 11) is 0. The standard InChI is InChI=1S/C14H22N2/c1-10-8-11(2)14(16-9-10)13(15)12-6-4-3-5-7-12/h8-9,12-13H,3-7,15H2,1-2H3. The topological polar surface area (TPSA) is 38.9 Å². The summed E-state index contributed by atoms with van der Waals surface area (Å²) in [4.78, 5) is 4.53. The van der Waals surface area contributed by atoms with Crippen LogP contribution in [0.5, 0.6) is 0 Å². The second-order valence-corrected chi connectivity index (χ2v) is 5.14. The van der Waals surface area contributed by atoms with E-state index in [9.17, 15) is 0 Å². The van der Waals surface area contributed by atoms with E-state index in [0.29, 0.717) is 5.92 Å². The molecule has 0 aliphatic heterocycles. The molecule has 0 amide bonds. The molecule has 1 aliphatic rings. The number of rotatable bonds is 2. The first-order chi connectivity index (χ1) is 7.68. The number of aryl methyl sites for hydroxylation is 2. The van der Waals surface area contributed by atoms with Crippen molar-refractivity contribution in [1.29, 1.82) is 0 Å². The molecule has 1 unspecified atom stereocenters. The second kappa shape index (κ2) is 4.96. The lowest BCUT2D eigenvalue weighted by Gasteiger charge is -2.28. The number of nitrogens with two attached hydrogens (primary N) is 1. The zero-order valence-corrected chi connectivity index (χ0v) is 10.4. The summed E-state index contributed by atoms with van der Waals surface area (Å²) < 4.78 is 0. The van der Waals surface area contributed by atoms with Crippen molar-refractivity contribution in [2.45, 2.75) is 52.0 Å². The molecule has 16 heavy (non-hydrogen) atoms. The normalized spacial score (nSPS) is 19.7. The molecular weight excluding hydrogens is 196 g/mol. The van der Waals surface area contributed by atoms with E-state index in [2.05, 4.69) is 24.9 Å². The van der Waals surface area contributed by atoms with E-state index in [1.807, 2.05) is 6.20 Å². The SMILES string of the molecule is Cc1cnc(C(N)C2CCCCC2)c(C)c1. The smallest absolute Gasteiger partial charge is 0.0603 e. The number of pyridine rings is 1. The van der Waals surface area contributed by atoms with E-state index in [1.165, 1.54) is 43.2 Å². The van der Waals surface area contributed by atoms with Gasteiger partial charge in [-0.3, -0.25) is 4.98 Å². The Balaban J connectivity index is 2.15. The summed E-state index contributed by atoms with van der Waals surface area (Å²) in [6.07, 6.45) is 8.54. The first-order valence-corrected chi connectivity index (χ1v) is 6.37. The molecule has 2 heteroatoms. The molecule has 2 rings (SSSR count). The molecule has 2 N–H and O–H groups in total. The second-order valence-electron chi connectivity index (χ2n) is 5.14. The number of nitrogens with zero attached hydrogens (tertiary/aromatic N) is 1. The van der Waals surface area contributed by atoms with Gasteiger partial charge in [-0.1, -0.05) is 25.3 Å². The summed E-state index contributed by atoms with van der Waals surface area (Å²) in [5, 5.41) is 0. The van der Waals surface area contributed by atoms with Gasteiger partial charge in [-0.05, 0) is 43.7 Å². The minimum Gasteiger partial charge on any atom is -0.322 e. The zero-order chi connectivity index (χ0) is 11.5. The molecule has 0 aromatic carbocycles. The molecule has 1 fully saturated rings. The van der Waals surface area contributed by atoms with Crippen LogP contribution in [0.4, 0.5) is 0 Å². The van der Waals surface area contributed by atoms with Gasteiger partial charge >= 0.3 is 0 Å². The van der Waals surface area contributed by atoms with Gasteiger partial charge in [0.25, 0.3) is 0 Å². The van der Waals surface area contributed by atoms with Crippen LogP contribution in [0.25, 0.3) is 0 Å². The van der Waals surface area contributed by atoms with Crippen molar-refractivity contribution < 1.29 is 0 Å². The molecule has 0 bridgehead atoms. The molecule has 1 aromatic rings. The van der Waals surface area contributed by atoms with Crippen LogP contribution >= 0.6 is 0 Å². The van der Waals surface area contributed by atoms with Gasteiger partial charge in [-0.25, -0.2) is 0 Å². The summed E-state index contributed by atoms with van der Waals surface area (Å²) in [6.45, 7) is 4.20. The lowest BCUT2D eigenvalue weighted by molar-refractivity contribution is 0.304. The van der Waals surface area contributed by atoms with Gasteiger partial charge in [0.2, 0.25) is 0 Å². The predicted octanol–water partition coefficient (Wildman–Crippen LogP) is 3.28. The van der Waals surface area contributed by atoms with E-state index in [4.69, 9.17) is 5.73 Å². The minimum atomic E-state index is 0.140. The molecule has 1 atom stereocenters. The Bertz CT molecular complexity index is 354. The Labute approximate surface area is 98.3 Å². The third kappa shape index (κ3) is 2.43. The monoisotopic (exact) mass is 218 g/mol. The van der Waals surface area contributed by atoms with Crippen molar-refractivity contribution in [1.82, 2.24) is 4.98 Å². The van der Waals surface area contributed by atoms with Crippen molar-refractivity contribution in [3.05, 3.63) is 29.1 Å². The Morgan fingerprint density at radius 3 is 2.56 bits per heavy atom. The van der Waals surface area contributed by atoms with Gasteiger partial charge in [0.15, 0.2) is 0 Å². The quantitative estimate of drug-likeness (QED) is 0.827. The van der Waals surface area contributed by atoms with Gasteiger partial charge < -0.3 is 5.73 Å². The fraction of sp³-hybridized carbons (Fsp3) is 0.643. The largest absolute Gasteiger partial charge is 0.322 e. The Morgan fingerprint density at radius 2 is 1.94 bits per heavy atom. The third-order valence-electron chi connectivity index (χ3n) is 3.73. The number of hydrogen-bond acceptors (Lipinski definition) is 2. The third-order valence-corrected chi connectivity index (χ3v) is 3.73. The minimum absolute atomic E-state index is 0.140. The van der Waals surface area contributed by atoms with Gasteiger partial charge in [-0.15, -0.1) is 0 Å². The Hall–Kier alpha value is -0.890. The fourth-order valence-corrected chi connectivity index (χ4v) is 2.79. The molecule has 1 aromatic heterocycles. The average molecular weight is 218 g/mol. The van der Waals surface area contributed by atoms with Gasteiger partial charge in [0, 0.05) is 6.20 Å². The lowest BCUT2D eigenvalue weighted by atomic mass is 9.82. The maximum Gasteiger partial charge on any atom is 0.0603 e. The molecule has 1 aliphatic carbocycles. The van der Waals surface area contributed by atoms with Crippen LogP contribution < -0.4 is 5.73 Å². The van der Waals surface area contributed by atoms with Crippen LogP contribution in [0, 0.1) is 19.8 Å². The highest BCUT2D eigenvalue weighted by Crippen LogP contribution is 2.33. The summed E-state index contributed by atoms with van der Waals surface area (Å²) >= 11 is 0. The molecule has 0 saturated heterocycles. The number of hydrogen-bond donors (Lipinski definition) is 1. The fourth-order valence-electron chi connectivity index (χ4n) is 2.79. The molecule has 1 heterocycles. The Morgan fingerprint density at radius 1 is 1.25 bits per heavy atom. The highest BCUT2D eigenvalue weighted by molar-refractivity contribution is 5.25. The maximum atomic E-state index is 6.36. The highest BCUT2D eigenvalue weighted by atomic mass is 14.8. The van der Waals surface area contributed by atoms with Crippen LogP contribution in [0.2, 0.25) is 0 Å². The van der Waals surface area contributed by atoms with E-state index in [-0.39, 0.29) is 6.04 Å². The first kappa shape index (κ1) is 11.6. The van der Waals surface area contributed by atoms with E-state index < -0.39 is 0 Å². The van der Waals surface area contributed by atoms with Gasteiger partial charge in [-0.2, -0.15) is 0 Å². The van der Waals surface area contributed by atoms with Crippen LogP contribution in [0.3, 0.4) is 0 Å². The average Bonchev–Trinajstić information content (AvgIpc) is 2.29. The van der Waals surface area contributed by atoms with Crippen molar-refractivity contribution in [2.75, 3.05) is 0 Å². The van der Waals surface area contributed by atoms with Gasteiger partial charge in [0.1, 0.15) is 0 Å². The van der Waals surface area contributed by atoms with Crippen molar-refractivity contribution in [3.8, 4) is 0 Å². The van der Waals surface area contributed by atoms with Crippen LogP contribution in [-0.2, 0) is 0 Å². The zero-order valence-electron chi connectivity index (χ0n) is 10.4. The summed E-state index contributed by atoms with van der Waals surface area (Å²) in [5.41, 5.74) is 9.93. The molecule has 1 saturated carbocycles. The molecule has 88 valence electrons.